The van der Waals surface area contributed by atoms with Gasteiger partial charge in [-0.15, -0.1) is 0 Å². The molecular formula is C13H16N4O. The Morgan fingerprint density at radius 3 is 3.22 bits per heavy atom. The first-order valence-corrected chi connectivity index (χ1v) is 6.02. The summed E-state index contributed by atoms with van der Waals surface area (Å²) in [6.07, 6.45) is 2.88. The molecule has 0 bridgehead atoms. The topological polar surface area (TPSA) is 71.7 Å². The minimum atomic E-state index is -0.0986. The van der Waals surface area contributed by atoms with Crippen LogP contribution >= 0.6 is 0 Å². The van der Waals surface area contributed by atoms with Crippen LogP contribution in [0.3, 0.4) is 0 Å². The molecule has 1 aromatic rings. The number of hydrogen-bond acceptors (Lipinski definition) is 5. The fourth-order valence-corrected chi connectivity index (χ4v) is 2.29. The van der Waals surface area contributed by atoms with Crippen LogP contribution in [0, 0.1) is 0 Å². The Morgan fingerprint density at radius 2 is 2.39 bits per heavy atom. The van der Waals surface area contributed by atoms with Gasteiger partial charge < -0.3 is 15.8 Å². The molecule has 1 aromatic carbocycles. The molecule has 1 unspecified atom stereocenters. The average molecular weight is 244 g/mol. The van der Waals surface area contributed by atoms with E-state index in [1.165, 1.54) is 5.56 Å². The van der Waals surface area contributed by atoms with E-state index in [-0.39, 0.29) is 6.17 Å². The fourth-order valence-electron chi connectivity index (χ4n) is 2.29. The van der Waals surface area contributed by atoms with Crippen molar-refractivity contribution in [2.24, 2.45) is 10.7 Å². The van der Waals surface area contributed by atoms with E-state index < -0.39 is 0 Å². The van der Waals surface area contributed by atoms with Gasteiger partial charge in [-0.1, -0.05) is 12.1 Å². The summed E-state index contributed by atoms with van der Waals surface area (Å²) in [5, 5.41) is 6.17. The molecule has 94 valence electrons. The average Bonchev–Trinajstić information content (AvgIpc) is 2.85. The molecule has 4 N–H and O–H groups in total. The van der Waals surface area contributed by atoms with E-state index in [1.807, 2.05) is 25.3 Å². The Bertz CT molecular complexity index is 536. The third-order valence-electron chi connectivity index (χ3n) is 3.17. The maximum Gasteiger partial charge on any atom is 0.195 e. The molecule has 0 saturated heterocycles. The fraction of sp³-hybridized carbons (Fsp3) is 0.308. The Morgan fingerprint density at radius 1 is 1.50 bits per heavy atom. The molecule has 0 radical (unpaired) electrons. The van der Waals surface area contributed by atoms with Crippen LogP contribution in [-0.2, 0) is 6.42 Å². The van der Waals surface area contributed by atoms with E-state index >= 15 is 0 Å². The molecule has 0 saturated carbocycles. The number of guanidine groups is 1. The first-order chi connectivity index (χ1) is 8.78. The third-order valence-corrected chi connectivity index (χ3v) is 3.17. The number of ether oxygens (including phenoxy) is 1. The highest BCUT2D eigenvalue weighted by molar-refractivity contribution is 5.91. The molecule has 0 aliphatic carbocycles. The highest BCUT2D eigenvalue weighted by Crippen LogP contribution is 2.33. The zero-order chi connectivity index (χ0) is 12.5. The van der Waals surface area contributed by atoms with Gasteiger partial charge in [0.05, 0.1) is 12.3 Å². The van der Waals surface area contributed by atoms with Gasteiger partial charge in [0.15, 0.2) is 5.96 Å². The molecule has 0 spiro atoms. The van der Waals surface area contributed by atoms with Crippen molar-refractivity contribution in [3.8, 4) is 5.75 Å². The summed E-state index contributed by atoms with van der Waals surface area (Å²) >= 11 is 0. The first-order valence-electron chi connectivity index (χ1n) is 6.02. The van der Waals surface area contributed by atoms with Gasteiger partial charge in [0, 0.05) is 12.0 Å². The molecule has 2 aliphatic heterocycles. The summed E-state index contributed by atoms with van der Waals surface area (Å²) in [5.74, 6) is 1.38. The number of benzene rings is 1. The minimum Gasteiger partial charge on any atom is -0.492 e. The van der Waals surface area contributed by atoms with Crippen molar-refractivity contribution in [2.75, 3.05) is 13.7 Å². The number of nitrogens with one attached hydrogen (secondary N) is 2. The van der Waals surface area contributed by atoms with Crippen LogP contribution in [0.25, 0.3) is 5.70 Å². The zero-order valence-corrected chi connectivity index (χ0v) is 10.2. The molecule has 0 amide bonds. The summed E-state index contributed by atoms with van der Waals surface area (Å²) in [5.41, 5.74) is 9.03. The maximum absolute atomic E-state index is 5.79. The van der Waals surface area contributed by atoms with Gasteiger partial charge in [-0.3, -0.25) is 5.32 Å². The molecule has 0 fully saturated rings. The van der Waals surface area contributed by atoms with Gasteiger partial charge in [0.1, 0.15) is 11.9 Å². The van der Waals surface area contributed by atoms with Crippen molar-refractivity contribution in [1.29, 1.82) is 0 Å². The lowest BCUT2D eigenvalue weighted by atomic mass is 10.0. The molecule has 5 nitrogen and oxygen atoms in total. The molecule has 1 atom stereocenters. The molecule has 2 aliphatic rings. The number of fused-ring (bicyclic) bond motifs is 1. The number of likely N-dealkylation sites (N-methyl/N-ethyl adjacent to an activating group) is 1. The van der Waals surface area contributed by atoms with Crippen LogP contribution in [0.4, 0.5) is 0 Å². The maximum atomic E-state index is 5.79. The van der Waals surface area contributed by atoms with E-state index in [0.717, 1.165) is 30.0 Å². The van der Waals surface area contributed by atoms with E-state index in [0.29, 0.717) is 5.96 Å². The molecule has 0 aromatic heterocycles. The van der Waals surface area contributed by atoms with Crippen LogP contribution in [0.2, 0.25) is 0 Å². The summed E-state index contributed by atoms with van der Waals surface area (Å²) in [6.45, 7) is 0.749. The molecule has 18 heavy (non-hydrogen) atoms. The Kier molecular flexibility index (Phi) is 2.68. The van der Waals surface area contributed by atoms with E-state index in [1.54, 1.807) is 0 Å². The van der Waals surface area contributed by atoms with Gasteiger partial charge in [-0.05, 0) is 24.8 Å². The van der Waals surface area contributed by atoms with Crippen molar-refractivity contribution in [3.05, 3.63) is 35.4 Å². The van der Waals surface area contributed by atoms with E-state index in [4.69, 9.17) is 10.5 Å². The number of rotatable bonds is 2. The van der Waals surface area contributed by atoms with Crippen LogP contribution in [-0.4, -0.2) is 25.8 Å². The molecule has 5 heteroatoms. The lowest BCUT2D eigenvalue weighted by molar-refractivity contribution is 0.356. The van der Waals surface area contributed by atoms with Crippen molar-refractivity contribution >= 4 is 11.7 Å². The number of nitrogens with two attached hydrogens (primary N) is 1. The van der Waals surface area contributed by atoms with Crippen molar-refractivity contribution < 1.29 is 4.74 Å². The number of nitrogens with zero attached hydrogens (tertiary/aromatic N) is 1. The summed E-state index contributed by atoms with van der Waals surface area (Å²) < 4.78 is 5.71. The highest BCUT2D eigenvalue weighted by Gasteiger charge is 2.21. The van der Waals surface area contributed by atoms with Gasteiger partial charge >= 0.3 is 0 Å². The number of aliphatic imine (C=N–C) groups is 1. The minimum absolute atomic E-state index is 0.0986. The Balaban J connectivity index is 2.01. The second-order valence-electron chi connectivity index (χ2n) is 4.35. The highest BCUT2D eigenvalue weighted by atomic mass is 16.5. The molecule has 2 heterocycles. The summed E-state index contributed by atoms with van der Waals surface area (Å²) in [6, 6.07) is 6.18. The quantitative estimate of drug-likeness (QED) is 0.705. The monoisotopic (exact) mass is 244 g/mol. The van der Waals surface area contributed by atoms with Crippen molar-refractivity contribution in [3.63, 3.8) is 0 Å². The third kappa shape index (κ3) is 1.82. The lowest BCUT2D eigenvalue weighted by Gasteiger charge is -2.21. The predicted octanol–water partition coefficient (Wildman–Crippen LogP) is 0.426. The second-order valence-corrected chi connectivity index (χ2v) is 4.35. The lowest BCUT2D eigenvalue weighted by Crippen LogP contribution is -2.38. The van der Waals surface area contributed by atoms with Crippen molar-refractivity contribution in [2.45, 2.75) is 12.6 Å². The van der Waals surface area contributed by atoms with Gasteiger partial charge in [-0.25, -0.2) is 4.99 Å². The summed E-state index contributed by atoms with van der Waals surface area (Å²) in [7, 11) is 1.85. The predicted molar refractivity (Wildman–Crippen MR) is 71.2 cm³/mol. The number of hydrogen-bond donors (Lipinski definition) is 3. The Hall–Kier alpha value is -2.01. The largest absolute Gasteiger partial charge is 0.492 e. The zero-order valence-electron chi connectivity index (χ0n) is 10.2. The van der Waals surface area contributed by atoms with Crippen LogP contribution in [0.5, 0.6) is 5.75 Å². The van der Waals surface area contributed by atoms with Crippen LogP contribution < -0.4 is 21.1 Å². The smallest absolute Gasteiger partial charge is 0.195 e. The van der Waals surface area contributed by atoms with Gasteiger partial charge in [0.25, 0.3) is 0 Å². The van der Waals surface area contributed by atoms with Gasteiger partial charge in [-0.2, -0.15) is 0 Å². The van der Waals surface area contributed by atoms with Gasteiger partial charge in [0.2, 0.25) is 0 Å². The van der Waals surface area contributed by atoms with E-state index in [2.05, 4.69) is 21.7 Å². The second kappa shape index (κ2) is 4.34. The SMILES string of the molecule is CNC1C=C(c2cccc3c2OCC3)NC(N)=N1. The standard InChI is InChI=1S/C13H16N4O/c1-15-11-7-10(16-13(14)17-11)9-4-2-3-8-5-6-18-12(8)9/h2-4,7,11,15H,5-6H2,1H3,(H3,14,16,17). The van der Waals surface area contributed by atoms with Crippen LogP contribution in [0.1, 0.15) is 11.1 Å². The normalized spacial score (nSPS) is 21.5. The Labute approximate surface area is 106 Å². The summed E-state index contributed by atoms with van der Waals surface area (Å²) in [4.78, 5) is 4.23. The molecular weight excluding hydrogens is 228 g/mol. The number of para-hydroxylation sites is 1. The molecule has 3 rings (SSSR count). The first kappa shape index (κ1) is 11.1. The van der Waals surface area contributed by atoms with Crippen molar-refractivity contribution in [1.82, 2.24) is 10.6 Å². The van der Waals surface area contributed by atoms with E-state index in [9.17, 15) is 0 Å². The van der Waals surface area contributed by atoms with Crippen LogP contribution in [0.15, 0.2) is 29.3 Å².